The Morgan fingerprint density at radius 1 is 1.60 bits per heavy atom. The van der Waals surface area contributed by atoms with E-state index < -0.39 is 0 Å². The molecular weight excluding hydrogens is 124 g/mol. The molecule has 1 nitrogen and oxygen atoms in total. The zero-order valence-corrected chi connectivity index (χ0v) is 6.31. The lowest BCUT2D eigenvalue weighted by molar-refractivity contribution is -0.124. The van der Waals surface area contributed by atoms with Crippen LogP contribution < -0.4 is 0 Å². The first-order valence-electron chi connectivity index (χ1n) is 4.22. The van der Waals surface area contributed by atoms with Gasteiger partial charge in [-0.2, -0.15) is 0 Å². The molecule has 0 aliphatic heterocycles. The summed E-state index contributed by atoms with van der Waals surface area (Å²) in [5.74, 6) is 1.37. The summed E-state index contributed by atoms with van der Waals surface area (Å²) in [5, 5.41) is 0. The van der Waals surface area contributed by atoms with Crippen molar-refractivity contribution in [2.45, 2.75) is 32.6 Å². The minimum atomic E-state index is 0.234. The molecule has 3 atom stereocenters. The molecule has 3 fully saturated rings. The Morgan fingerprint density at radius 3 is 2.60 bits per heavy atom. The van der Waals surface area contributed by atoms with Crippen LogP contribution in [0.2, 0.25) is 0 Å². The zero-order valence-electron chi connectivity index (χ0n) is 6.31. The zero-order chi connectivity index (χ0) is 6.98. The fourth-order valence-corrected chi connectivity index (χ4v) is 3.53. The molecule has 3 aliphatic rings. The highest BCUT2D eigenvalue weighted by molar-refractivity contribution is 5.93. The van der Waals surface area contributed by atoms with Crippen LogP contribution in [0.1, 0.15) is 32.6 Å². The molecule has 0 heterocycles. The summed E-state index contributed by atoms with van der Waals surface area (Å²) in [4.78, 5) is 11.4. The van der Waals surface area contributed by atoms with Crippen molar-refractivity contribution in [3.05, 3.63) is 0 Å². The van der Waals surface area contributed by atoms with Crippen LogP contribution in [0, 0.1) is 16.7 Å². The molecule has 0 N–H and O–H groups in total. The number of carbonyl (C=O) groups excluding carboxylic acids is 1. The molecule has 2 bridgehead atoms. The van der Waals surface area contributed by atoms with E-state index >= 15 is 0 Å². The Bertz CT molecular complexity index is 229. The first kappa shape index (κ1) is 5.34. The highest BCUT2D eigenvalue weighted by atomic mass is 16.1. The fraction of sp³-hybridized carbons (Fsp3) is 0.889. The Labute approximate surface area is 60.8 Å². The summed E-state index contributed by atoms with van der Waals surface area (Å²) in [6.45, 7) is 2.32. The van der Waals surface area contributed by atoms with Gasteiger partial charge < -0.3 is 0 Å². The molecule has 3 saturated carbocycles. The first-order valence-corrected chi connectivity index (χ1v) is 4.22. The molecule has 0 spiro atoms. The second-order valence-electron chi connectivity index (χ2n) is 4.54. The van der Waals surface area contributed by atoms with E-state index in [0.717, 1.165) is 12.3 Å². The summed E-state index contributed by atoms with van der Waals surface area (Å²) < 4.78 is 0. The Balaban J connectivity index is 2.18. The van der Waals surface area contributed by atoms with Gasteiger partial charge in [-0.15, -0.1) is 0 Å². The van der Waals surface area contributed by atoms with Crippen LogP contribution in [-0.4, -0.2) is 5.78 Å². The maximum atomic E-state index is 11.4. The molecule has 0 aromatic heterocycles. The van der Waals surface area contributed by atoms with Gasteiger partial charge in [-0.25, -0.2) is 0 Å². The number of hydrogen-bond donors (Lipinski definition) is 0. The third kappa shape index (κ3) is 0.284. The monoisotopic (exact) mass is 136 g/mol. The van der Waals surface area contributed by atoms with E-state index in [1.165, 1.54) is 19.3 Å². The van der Waals surface area contributed by atoms with Crippen molar-refractivity contribution >= 4 is 5.78 Å². The molecule has 3 unspecified atom stereocenters. The van der Waals surface area contributed by atoms with Crippen molar-refractivity contribution in [3.8, 4) is 0 Å². The van der Waals surface area contributed by atoms with Crippen molar-refractivity contribution in [2.75, 3.05) is 0 Å². The molecule has 3 rings (SSSR count). The van der Waals surface area contributed by atoms with Crippen LogP contribution in [0.3, 0.4) is 0 Å². The number of rotatable bonds is 0. The predicted octanol–water partition coefficient (Wildman–Crippen LogP) is 1.77. The van der Waals surface area contributed by atoms with E-state index in [1.807, 2.05) is 0 Å². The van der Waals surface area contributed by atoms with Crippen LogP contribution in [0.5, 0.6) is 0 Å². The van der Waals surface area contributed by atoms with E-state index in [-0.39, 0.29) is 5.41 Å². The standard InChI is InChI=1S/C9H12O/c1-8-5-9(8)3-2-6(8)4-7(9)10/h6H,2-5H2,1H3. The lowest BCUT2D eigenvalue weighted by Crippen LogP contribution is -2.16. The fourth-order valence-electron chi connectivity index (χ4n) is 3.53. The number of carbonyl (C=O) groups is 1. The minimum absolute atomic E-state index is 0.234. The molecule has 0 radical (unpaired) electrons. The summed E-state index contributed by atoms with van der Waals surface area (Å²) in [7, 11) is 0. The maximum absolute atomic E-state index is 11.4. The van der Waals surface area contributed by atoms with E-state index in [0.29, 0.717) is 11.2 Å². The largest absolute Gasteiger partial charge is 0.299 e. The molecule has 0 saturated heterocycles. The van der Waals surface area contributed by atoms with E-state index in [9.17, 15) is 4.79 Å². The molecular formula is C9H12O. The van der Waals surface area contributed by atoms with Gasteiger partial charge in [0.1, 0.15) is 5.78 Å². The van der Waals surface area contributed by atoms with Gasteiger partial charge in [-0.1, -0.05) is 6.92 Å². The minimum Gasteiger partial charge on any atom is -0.299 e. The number of hydrogen-bond acceptors (Lipinski definition) is 1. The van der Waals surface area contributed by atoms with Gasteiger partial charge in [0, 0.05) is 11.8 Å². The van der Waals surface area contributed by atoms with Crippen molar-refractivity contribution in [3.63, 3.8) is 0 Å². The van der Waals surface area contributed by atoms with Crippen molar-refractivity contribution in [1.29, 1.82) is 0 Å². The number of Topliss-reactive ketones (excluding diaryl/α,β-unsaturated/α-hetero) is 1. The summed E-state index contributed by atoms with van der Waals surface area (Å²) in [5.41, 5.74) is 0.724. The maximum Gasteiger partial charge on any atom is 0.139 e. The van der Waals surface area contributed by atoms with Gasteiger partial charge in [0.2, 0.25) is 0 Å². The average Bonchev–Trinajstić information content (AvgIpc) is 2.35. The summed E-state index contributed by atoms with van der Waals surface area (Å²) in [6.07, 6.45) is 4.69. The van der Waals surface area contributed by atoms with E-state index in [4.69, 9.17) is 0 Å². The molecule has 10 heavy (non-hydrogen) atoms. The van der Waals surface area contributed by atoms with Crippen molar-refractivity contribution < 1.29 is 4.79 Å². The van der Waals surface area contributed by atoms with Crippen LogP contribution in [-0.2, 0) is 4.79 Å². The van der Waals surface area contributed by atoms with Crippen molar-refractivity contribution in [1.82, 2.24) is 0 Å². The normalized spacial score (nSPS) is 62.9. The second kappa shape index (κ2) is 1.09. The number of ketones is 1. The van der Waals surface area contributed by atoms with Gasteiger partial charge in [0.05, 0.1) is 0 Å². The van der Waals surface area contributed by atoms with E-state index in [2.05, 4.69) is 6.92 Å². The van der Waals surface area contributed by atoms with Crippen LogP contribution in [0.4, 0.5) is 0 Å². The Hall–Kier alpha value is -0.330. The van der Waals surface area contributed by atoms with Crippen LogP contribution >= 0.6 is 0 Å². The van der Waals surface area contributed by atoms with Crippen LogP contribution in [0.25, 0.3) is 0 Å². The van der Waals surface area contributed by atoms with Gasteiger partial charge in [0.15, 0.2) is 0 Å². The molecule has 54 valence electrons. The third-order valence-electron chi connectivity index (χ3n) is 4.42. The highest BCUT2D eigenvalue weighted by Gasteiger charge is 2.78. The lowest BCUT2D eigenvalue weighted by atomic mass is 9.88. The summed E-state index contributed by atoms with van der Waals surface area (Å²) in [6, 6.07) is 0. The highest BCUT2D eigenvalue weighted by Crippen LogP contribution is 2.81. The van der Waals surface area contributed by atoms with Crippen molar-refractivity contribution in [2.24, 2.45) is 16.7 Å². The average molecular weight is 136 g/mol. The van der Waals surface area contributed by atoms with Gasteiger partial charge in [0.25, 0.3) is 0 Å². The third-order valence-corrected chi connectivity index (χ3v) is 4.42. The van der Waals surface area contributed by atoms with Crippen LogP contribution in [0.15, 0.2) is 0 Å². The molecule has 0 amide bonds. The van der Waals surface area contributed by atoms with Gasteiger partial charge in [-0.3, -0.25) is 4.79 Å². The summed E-state index contributed by atoms with van der Waals surface area (Å²) >= 11 is 0. The quantitative estimate of drug-likeness (QED) is 0.496. The topological polar surface area (TPSA) is 17.1 Å². The lowest BCUT2D eigenvalue weighted by Gasteiger charge is -2.16. The van der Waals surface area contributed by atoms with E-state index in [1.54, 1.807) is 0 Å². The van der Waals surface area contributed by atoms with Gasteiger partial charge in [-0.05, 0) is 30.6 Å². The Morgan fingerprint density at radius 2 is 2.40 bits per heavy atom. The predicted molar refractivity (Wildman–Crippen MR) is 37.5 cm³/mol. The Kier molecular flexibility index (Phi) is 0.580. The smallest absolute Gasteiger partial charge is 0.139 e. The molecule has 3 aliphatic carbocycles. The SMILES string of the molecule is CC12CC13CCC2CC3=O. The molecule has 0 aromatic carbocycles. The van der Waals surface area contributed by atoms with Gasteiger partial charge >= 0.3 is 0 Å². The first-order chi connectivity index (χ1) is 4.69. The molecule has 0 aromatic rings. The molecule has 1 heteroatoms. The second-order valence-corrected chi connectivity index (χ2v) is 4.54.